The monoisotopic (exact) mass is 265 g/mol. The molecule has 0 saturated carbocycles. The van der Waals surface area contributed by atoms with Crippen LogP contribution in [0.3, 0.4) is 0 Å². The standard InChI is InChI=1S/C12H12FN3O3/c1-3-18-12(17)7(2)11-15-10(16-19-11)9-5-4-8(13)6-14-9/h4-7H,3H2,1-2H3. The highest BCUT2D eigenvalue weighted by molar-refractivity contribution is 5.76. The Kier molecular flexibility index (Phi) is 3.84. The van der Waals surface area contributed by atoms with Crippen LogP contribution in [0.2, 0.25) is 0 Å². The zero-order valence-corrected chi connectivity index (χ0v) is 10.5. The fraction of sp³-hybridized carbons (Fsp3) is 0.333. The van der Waals surface area contributed by atoms with Gasteiger partial charge in [0.25, 0.3) is 0 Å². The Bertz CT molecular complexity index is 568. The molecule has 1 unspecified atom stereocenters. The van der Waals surface area contributed by atoms with Crippen LogP contribution in [0.15, 0.2) is 22.9 Å². The van der Waals surface area contributed by atoms with Crippen molar-refractivity contribution < 1.29 is 18.4 Å². The van der Waals surface area contributed by atoms with Crippen LogP contribution >= 0.6 is 0 Å². The molecule has 100 valence electrons. The smallest absolute Gasteiger partial charge is 0.318 e. The van der Waals surface area contributed by atoms with E-state index in [0.29, 0.717) is 5.69 Å². The third kappa shape index (κ3) is 2.93. The molecule has 19 heavy (non-hydrogen) atoms. The number of rotatable bonds is 4. The Labute approximate surface area is 108 Å². The molecule has 2 heterocycles. The van der Waals surface area contributed by atoms with E-state index in [-0.39, 0.29) is 18.3 Å². The first kappa shape index (κ1) is 13.1. The molecule has 0 aliphatic carbocycles. The summed E-state index contributed by atoms with van der Waals surface area (Å²) in [6, 6.07) is 2.67. The average Bonchev–Trinajstić information content (AvgIpc) is 2.88. The van der Waals surface area contributed by atoms with Crippen molar-refractivity contribution in [2.75, 3.05) is 6.61 Å². The first-order valence-electron chi connectivity index (χ1n) is 5.74. The van der Waals surface area contributed by atoms with Crippen molar-refractivity contribution >= 4 is 5.97 Å². The number of nitrogens with zero attached hydrogens (tertiary/aromatic N) is 3. The van der Waals surface area contributed by atoms with E-state index < -0.39 is 17.7 Å². The maximum absolute atomic E-state index is 12.7. The Hall–Kier alpha value is -2.31. The predicted octanol–water partition coefficient (Wildman–Crippen LogP) is 1.94. The zero-order chi connectivity index (χ0) is 13.8. The molecular formula is C12H12FN3O3. The van der Waals surface area contributed by atoms with Gasteiger partial charge in [-0.1, -0.05) is 5.16 Å². The molecule has 0 amide bonds. The zero-order valence-electron chi connectivity index (χ0n) is 10.5. The molecule has 0 aromatic carbocycles. The van der Waals surface area contributed by atoms with Gasteiger partial charge < -0.3 is 9.26 Å². The summed E-state index contributed by atoms with van der Waals surface area (Å²) in [6.07, 6.45) is 1.06. The summed E-state index contributed by atoms with van der Waals surface area (Å²) in [5.74, 6) is -1.20. The van der Waals surface area contributed by atoms with Gasteiger partial charge in [-0.15, -0.1) is 0 Å². The molecular weight excluding hydrogens is 253 g/mol. The molecule has 0 bridgehead atoms. The number of esters is 1. The number of halogens is 1. The van der Waals surface area contributed by atoms with E-state index in [4.69, 9.17) is 9.26 Å². The molecule has 2 rings (SSSR count). The van der Waals surface area contributed by atoms with Crippen LogP contribution in [0.4, 0.5) is 4.39 Å². The maximum Gasteiger partial charge on any atom is 0.318 e. The molecule has 0 aliphatic heterocycles. The van der Waals surface area contributed by atoms with E-state index in [0.717, 1.165) is 6.20 Å². The first-order chi connectivity index (χ1) is 9.11. The lowest BCUT2D eigenvalue weighted by atomic mass is 10.2. The maximum atomic E-state index is 12.7. The lowest BCUT2D eigenvalue weighted by molar-refractivity contribution is -0.145. The summed E-state index contributed by atoms with van der Waals surface area (Å²) < 4.78 is 22.6. The normalized spacial score (nSPS) is 12.2. The third-order valence-corrected chi connectivity index (χ3v) is 2.41. The highest BCUT2D eigenvalue weighted by Crippen LogP contribution is 2.19. The second-order valence-electron chi connectivity index (χ2n) is 3.79. The number of hydrogen-bond acceptors (Lipinski definition) is 6. The molecule has 1 atom stereocenters. The molecule has 0 fully saturated rings. The predicted molar refractivity (Wildman–Crippen MR) is 62.5 cm³/mol. The van der Waals surface area contributed by atoms with Crippen LogP contribution in [-0.4, -0.2) is 27.7 Å². The summed E-state index contributed by atoms with van der Waals surface area (Å²) >= 11 is 0. The summed E-state index contributed by atoms with van der Waals surface area (Å²) in [7, 11) is 0. The van der Waals surface area contributed by atoms with Crippen molar-refractivity contribution in [3.8, 4) is 11.5 Å². The van der Waals surface area contributed by atoms with Crippen molar-refractivity contribution in [1.29, 1.82) is 0 Å². The number of ether oxygens (including phenoxy) is 1. The SMILES string of the molecule is CCOC(=O)C(C)c1nc(-c2ccc(F)cn2)no1. The number of aromatic nitrogens is 3. The van der Waals surface area contributed by atoms with Gasteiger partial charge >= 0.3 is 5.97 Å². The third-order valence-electron chi connectivity index (χ3n) is 2.41. The van der Waals surface area contributed by atoms with Crippen molar-refractivity contribution in [2.24, 2.45) is 0 Å². The van der Waals surface area contributed by atoms with Gasteiger partial charge in [-0.25, -0.2) is 9.37 Å². The van der Waals surface area contributed by atoms with Crippen LogP contribution in [0.25, 0.3) is 11.5 Å². The molecule has 0 aliphatic rings. The van der Waals surface area contributed by atoms with Gasteiger partial charge in [0, 0.05) is 0 Å². The largest absolute Gasteiger partial charge is 0.465 e. The van der Waals surface area contributed by atoms with Gasteiger partial charge in [-0.2, -0.15) is 4.98 Å². The fourth-order valence-corrected chi connectivity index (χ4v) is 1.39. The van der Waals surface area contributed by atoms with Gasteiger partial charge in [0.1, 0.15) is 17.4 Å². The number of carbonyl (C=O) groups is 1. The molecule has 0 N–H and O–H groups in total. The van der Waals surface area contributed by atoms with E-state index in [1.807, 2.05) is 0 Å². The number of pyridine rings is 1. The van der Waals surface area contributed by atoms with Crippen molar-refractivity contribution in [2.45, 2.75) is 19.8 Å². The van der Waals surface area contributed by atoms with E-state index in [1.54, 1.807) is 13.8 Å². The van der Waals surface area contributed by atoms with Crippen molar-refractivity contribution in [1.82, 2.24) is 15.1 Å². The summed E-state index contributed by atoms with van der Waals surface area (Å²) in [6.45, 7) is 3.60. The topological polar surface area (TPSA) is 78.1 Å². The highest BCUT2D eigenvalue weighted by atomic mass is 19.1. The van der Waals surface area contributed by atoms with E-state index in [9.17, 15) is 9.18 Å². The lowest BCUT2D eigenvalue weighted by Crippen LogP contribution is -2.13. The van der Waals surface area contributed by atoms with Crippen LogP contribution in [0.5, 0.6) is 0 Å². The van der Waals surface area contributed by atoms with E-state index in [1.165, 1.54) is 12.1 Å². The van der Waals surface area contributed by atoms with E-state index >= 15 is 0 Å². The number of hydrogen-bond donors (Lipinski definition) is 0. The van der Waals surface area contributed by atoms with Gasteiger partial charge in [0.05, 0.1) is 12.8 Å². The van der Waals surface area contributed by atoms with Crippen LogP contribution in [0, 0.1) is 5.82 Å². The fourth-order valence-electron chi connectivity index (χ4n) is 1.39. The van der Waals surface area contributed by atoms with E-state index in [2.05, 4.69) is 15.1 Å². The molecule has 0 radical (unpaired) electrons. The Balaban J connectivity index is 2.19. The second kappa shape index (κ2) is 5.55. The second-order valence-corrected chi connectivity index (χ2v) is 3.79. The van der Waals surface area contributed by atoms with Crippen LogP contribution in [0.1, 0.15) is 25.7 Å². The van der Waals surface area contributed by atoms with Gasteiger partial charge in [-0.05, 0) is 26.0 Å². The first-order valence-corrected chi connectivity index (χ1v) is 5.74. The molecule has 6 nitrogen and oxygen atoms in total. The molecule has 0 spiro atoms. The van der Waals surface area contributed by atoms with Gasteiger partial charge in [0.15, 0.2) is 0 Å². The molecule has 7 heteroatoms. The van der Waals surface area contributed by atoms with Gasteiger partial charge in [-0.3, -0.25) is 4.79 Å². The summed E-state index contributed by atoms with van der Waals surface area (Å²) in [5.41, 5.74) is 0.368. The number of carbonyl (C=O) groups excluding carboxylic acids is 1. The Morgan fingerprint density at radius 1 is 1.53 bits per heavy atom. The van der Waals surface area contributed by atoms with Crippen molar-refractivity contribution in [3.05, 3.63) is 30.0 Å². The summed E-state index contributed by atoms with van der Waals surface area (Å²) in [4.78, 5) is 19.4. The average molecular weight is 265 g/mol. The Morgan fingerprint density at radius 3 is 2.95 bits per heavy atom. The van der Waals surface area contributed by atoms with Gasteiger partial charge in [0.2, 0.25) is 11.7 Å². The minimum Gasteiger partial charge on any atom is -0.465 e. The Morgan fingerprint density at radius 2 is 2.32 bits per heavy atom. The minimum absolute atomic E-state index is 0.138. The molecule has 2 aromatic rings. The summed E-state index contributed by atoms with van der Waals surface area (Å²) in [5, 5.41) is 3.70. The minimum atomic E-state index is -0.651. The lowest BCUT2D eigenvalue weighted by Gasteiger charge is -2.04. The molecule has 2 aromatic heterocycles. The van der Waals surface area contributed by atoms with Crippen molar-refractivity contribution in [3.63, 3.8) is 0 Å². The highest BCUT2D eigenvalue weighted by Gasteiger charge is 2.23. The van der Waals surface area contributed by atoms with Crippen LogP contribution < -0.4 is 0 Å². The quantitative estimate of drug-likeness (QED) is 0.786. The van der Waals surface area contributed by atoms with Crippen LogP contribution in [-0.2, 0) is 9.53 Å². The molecule has 0 saturated heterocycles.